The Morgan fingerprint density at radius 1 is 1.07 bits per heavy atom. The summed E-state index contributed by atoms with van der Waals surface area (Å²) >= 11 is 0. The van der Waals surface area contributed by atoms with Gasteiger partial charge in [-0.2, -0.15) is 0 Å². The van der Waals surface area contributed by atoms with Gasteiger partial charge in [0.25, 0.3) is 0 Å². The Kier molecular flexibility index (Phi) is 1.92. The maximum Gasteiger partial charge on any atom is 0.137 e. The molecule has 0 spiro atoms. The van der Waals surface area contributed by atoms with Crippen LogP contribution in [0.4, 0.5) is 0 Å². The lowest BCUT2D eigenvalue weighted by Crippen LogP contribution is -1.88. The Morgan fingerprint density at radius 2 is 1.79 bits per heavy atom. The van der Waals surface area contributed by atoms with Gasteiger partial charge >= 0.3 is 0 Å². The van der Waals surface area contributed by atoms with Crippen LogP contribution in [0.2, 0.25) is 0 Å². The minimum atomic E-state index is 0.266. The molecule has 0 atom stereocenters. The molecular formula is C12H13NO. The maximum absolute atomic E-state index is 9.54. The van der Waals surface area contributed by atoms with Crippen molar-refractivity contribution in [3.05, 3.63) is 35.0 Å². The van der Waals surface area contributed by atoms with Gasteiger partial charge in [0.15, 0.2) is 0 Å². The quantitative estimate of drug-likeness (QED) is 0.688. The van der Waals surface area contributed by atoms with Gasteiger partial charge in [-0.15, -0.1) is 0 Å². The number of rotatable bonds is 0. The molecule has 2 heteroatoms. The second kappa shape index (κ2) is 2.98. The minimum absolute atomic E-state index is 0.266. The van der Waals surface area contributed by atoms with Crippen LogP contribution in [-0.2, 0) is 0 Å². The van der Waals surface area contributed by atoms with Crippen molar-refractivity contribution >= 4 is 10.9 Å². The minimum Gasteiger partial charge on any atom is -0.506 e. The van der Waals surface area contributed by atoms with Gasteiger partial charge in [0.2, 0.25) is 0 Å². The molecule has 2 nitrogen and oxygen atoms in total. The first kappa shape index (κ1) is 9.00. The first-order chi connectivity index (χ1) is 6.58. The SMILES string of the molecule is Cc1cc(C)c2nc(C)c(O)cc2c1. The van der Waals surface area contributed by atoms with Crippen LogP contribution in [0.25, 0.3) is 10.9 Å². The van der Waals surface area contributed by atoms with Crippen molar-refractivity contribution < 1.29 is 5.11 Å². The first-order valence-electron chi connectivity index (χ1n) is 4.65. The number of fused-ring (bicyclic) bond motifs is 1. The van der Waals surface area contributed by atoms with Crippen LogP contribution in [0.3, 0.4) is 0 Å². The second-order valence-corrected chi connectivity index (χ2v) is 3.75. The largest absolute Gasteiger partial charge is 0.506 e. The first-order valence-corrected chi connectivity index (χ1v) is 4.65. The van der Waals surface area contributed by atoms with E-state index in [4.69, 9.17) is 0 Å². The summed E-state index contributed by atoms with van der Waals surface area (Å²) in [4.78, 5) is 4.37. The van der Waals surface area contributed by atoms with Crippen molar-refractivity contribution in [2.45, 2.75) is 20.8 Å². The van der Waals surface area contributed by atoms with Gasteiger partial charge in [0, 0.05) is 5.39 Å². The molecule has 2 rings (SSSR count). The molecule has 1 N–H and O–H groups in total. The summed E-state index contributed by atoms with van der Waals surface area (Å²) < 4.78 is 0. The molecule has 0 aliphatic rings. The molecule has 1 aromatic heterocycles. The molecule has 0 fully saturated rings. The molecule has 0 aliphatic carbocycles. The average molecular weight is 187 g/mol. The summed E-state index contributed by atoms with van der Waals surface area (Å²) in [7, 11) is 0. The molecule has 1 aromatic carbocycles. The topological polar surface area (TPSA) is 33.1 Å². The van der Waals surface area contributed by atoms with Gasteiger partial charge in [-0.1, -0.05) is 11.6 Å². The lowest BCUT2D eigenvalue weighted by Gasteiger charge is -2.05. The van der Waals surface area contributed by atoms with Crippen LogP contribution >= 0.6 is 0 Å². The van der Waals surface area contributed by atoms with E-state index in [-0.39, 0.29) is 5.75 Å². The van der Waals surface area contributed by atoms with Crippen molar-refractivity contribution in [2.24, 2.45) is 0 Å². The van der Waals surface area contributed by atoms with Crippen LogP contribution < -0.4 is 0 Å². The third kappa shape index (κ3) is 1.33. The summed E-state index contributed by atoms with van der Waals surface area (Å²) in [6, 6.07) is 5.91. The van der Waals surface area contributed by atoms with Gasteiger partial charge in [0.05, 0.1) is 11.2 Å². The van der Waals surface area contributed by atoms with Gasteiger partial charge < -0.3 is 5.11 Å². The van der Waals surface area contributed by atoms with E-state index in [0.717, 1.165) is 16.5 Å². The molecule has 14 heavy (non-hydrogen) atoms. The van der Waals surface area contributed by atoms with Crippen LogP contribution in [0, 0.1) is 20.8 Å². The molecule has 0 radical (unpaired) electrons. The number of aromatic nitrogens is 1. The number of nitrogens with zero attached hydrogens (tertiary/aromatic N) is 1. The highest BCUT2D eigenvalue weighted by atomic mass is 16.3. The second-order valence-electron chi connectivity index (χ2n) is 3.75. The monoisotopic (exact) mass is 187 g/mol. The number of aromatic hydroxyl groups is 1. The van der Waals surface area contributed by atoms with Crippen molar-refractivity contribution in [2.75, 3.05) is 0 Å². The zero-order valence-electron chi connectivity index (χ0n) is 8.63. The van der Waals surface area contributed by atoms with E-state index in [1.807, 2.05) is 26.8 Å². The highest BCUT2D eigenvalue weighted by molar-refractivity contribution is 5.84. The normalized spacial score (nSPS) is 10.8. The fourth-order valence-electron chi connectivity index (χ4n) is 1.73. The molecule has 1 heterocycles. The molecular weight excluding hydrogens is 174 g/mol. The highest BCUT2D eigenvalue weighted by Crippen LogP contribution is 2.24. The molecule has 0 saturated carbocycles. The van der Waals surface area contributed by atoms with Gasteiger partial charge in [-0.05, 0) is 38.5 Å². The average Bonchev–Trinajstić information content (AvgIpc) is 2.08. The van der Waals surface area contributed by atoms with E-state index >= 15 is 0 Å². The van der Waals surface area contributed by atoms with E-state index < -0.39 is 0 Å². The molecule has 0 saturated heterocycles. The summed E-state index contributed by atoms with van der Waals surface area (Å²) in [5.74, 6) is 0.266. The van der Waals surface area contributed by atoms with Crippen molar-refractivity contribution in [3.63, 3.8) is 0 Å². The summed E-state index contributed by atoms with van der Waals surface area (Å²) in [6.07, 6.45) is 0. The molecule has 72 valence electrons. The number of hydrogen-bond acceptors (Lipinski definition) is 2. The number of hydrogen-bond donors (Lipinski definition) is 1. The van der Waals surface area contributed by atoms with Crippen molar-refractivity contribution in [1.29, 1.82) is 0 Å². The van der Waals surface area contributed by atoms with Gasteiger partial charge in [-0.3, -0.25) is 0 Å². The van der Waals surface area contributed by atoms with Crippen LogP contribution in [-0.4, -0.2) is 10.1 Å². The Labute approximate surface area is 83.2 Å². The van der Waals surface area contributed by atoms with Gasteiger partial charge in [0.1, 0.15) is 5.75 Å². The number of aryl methyl sites for hydroxylation is 3. The summed E-state index contributed by atoms with van der Waals surface area (Å²) in [5.41, 5.74) is 4.01. The Morgan fingerprint density at radius 3 is 2.50 bits per heavy atom. The third-order valence-electron chi connectivity index (χ3n) is 2.42. The maximum atomic E-state index is 9.54. The highest BCUT2D eigenvalue weighted by Gasteiger charge is 2.04. The zero-order chi connectivity index (χ0) is 10.3. The molecule has 0 unspecified atom stereocenters. The van der Waals surface area contributed by atoms with E-state index in [9.17, 15) is 5.11 Å². The van der Waals surface area contributed by atoms with Crippen LogP contribution in [0.5, 0.6) is 5.75 Å². The zero-order valence-corrected chi connectivity index (χ0v) is 8.63. The van der Waals surface area contributed by atoms with E-state index in [2.05, 4.69) is 11.1 Å². The number of benzene rings is 1. The predicted octanol–water partition coefficient (Wildman–Crippen LogP) is 2.87. The summed E-state index contributed by atoms with van der Waals surface area (Å²) in [6.45, 7) is 5.90. The van der Waals surface area contributed by atoms with Crippen molar-refractivity contribution in [1.82, 2.24) is 4.98 Å². The Balaban J connectivity index is 2.89. The summed E-state index contributed by atoms with van der Waals surface area (Å²) in [5, 5.41) is 10.5. The van der Waals surface area contributed by atoms with Gasteiger partial charge in [-0.25, -0.2) is 4.98 Å². The molecule has 0 amide bonds. The standard InChI is InChI=1S/C12H13NO/c1-7-4-8(2)12-10(5-7)6-11(14)9(3)13-12/h4-6,14H,1-3H3. The predicted molar refractivity (Wildman–Crippen MR) is 57.6 cm³/mol. The fourth-order valence-corrected chi connectivity index (χ4v) is 1.73. The fraction of sp³-hybridized carbons (Fsp3) is 0.250. The number of pyridine rings is 1. The van der Waals surface area contributed by atoms with Crippen LogP contribution in [0.15, 0.2) is 18.2 Å². The Hall–Kier alpha value is -1.57. The van der Waals surface area contributed by atoms with Crippen molar-refractivity contribution in [3.8, 4) is 5.75 Å². The third-order valence-corrected chi connectivity index (χ3v) is 2.42. The van der Waals surface area contributed by atoms with E-state index in [1.54, 1.807) is 6.07 Å². The molecule has 0 bridgehead atoms. The van der Waals surface area contributed by atoms with E-state index in [1.165, 1.54) is 5.56 Å². The van der Waals surface area contributed by atoms with Crippen LogP contribution in [0.1, 0.15) is 16.8 Å². The lowest BCUT2D eigenvalue weighted by atomic mass is 10.1. The smallest absolute Gasteiger partial charge is 0.137 e. The lowest BCUT2D eigenvalue weighted by molar-refractivity contribution is 0.469. The Bertz CT molecular complexity index is 503. The molecule has 0 aliphatic heterocycles. The molecule has 2 aromatic rings. The van der Waals surface area contributed by atoms with E-state index in [0.29, 0.717) is 5.69 Å².